The van der Waals surface area contributed by atoms with Crippen LogP contribution in [0, 0.1) is 0 Å². The van der Waals surface area contributed by atoms with Gasteiger partial charge < -0.3 is 9.47 Å². The van der Waals surface area contributed by atoms with Crippen LogP contribution in [0.2, 0.25) is 0 Å². The van der Waals surface area contributed by atoms with E-state index in [2.05, 4.69) is 25.0 Å². The van der Waals surface area contributed by atoms with Crippen LogP contribution in [0.15, 0.2) is 55.0 Å². The van der Waals surface area contributed by atoms with Gasteiger partial charge in [0, 0.05) is 29.5 Å². The van der Waals surface area contributed by atoms with Gasteiger partial charge in [-0.1, -0.05) is 12.1 Å². The first-order valence-corrected chi connectivity index (χ1v) is 11.1. The van der Waals surface area contributed by atoms with Crippen molar-refractivity contribution >= 4 is 16.6 Å². The van der Waals surface area contributed by atoms with Gasteiger partial charge in [-0.25, -0.2) is 19.5 Å². The lowest BCUT2D eigenvalue weighted by molar-refractivity contribution is -0.140. The Morgan fingerprint density at radius 1 is 0.972 bits per heavy atom. The quantitative estimate of drug-likeness (QED) is 0.340. The summed E-state index contributed by atoms with van der Waals surface area (Å²) < 4.78 is 51.3. The summed E-state index contributed by atoms with van der Waals surface area (Å²) >= 11 is 0. The van der Waals surface area contributed by atoms with E-state index in [1.54, 1.807) is 29.2 Å². The number of nitrogens with zero attached hydrogens (tertiary/aromatic N) is 6. The summed E-state index contributed by atoms with van der Waals surface area (Å²) in [4.78, 5) is 16.7. The molecule has 4 aromatic heterocycles. The van der Waals surface area contributed by atoms with Crippen molar-refractivity contribution in [2.24, 2.45) is 0 Å². The number of rotatable bonds is 5. The SMILES string of the molecule is COc1ncc(-c2cc([C@H]3C[C@@H]3c3ccc4nc(C(F)(F)F)ccc4c3)c3nccn3n2)c(OC)n1. The van der Waals surface area contributed by atoms with Crippen LogP contribution in [0.1, 0.15) is 35.1 Å². The normalized spacial score (nSPS) is 17.5. The highest BCUT2D eigenvalue weighted by atomic mass is 19.4. The van der Waals surface area contributed by atoms with E-state index in [0.29, 0.717) is 28.0 Å². The summed E-state index contributed by atoms with van der Waals surface area (Å²) in [5.41, 5.74) is 3.47. The van der Waals surface area contributed by atoms with E-state index in [0.717, 1.165) is 29.3 Å². The molecule has 1 aromatic carbocycles. The Labute approximate surface area is 202 Å². The highest BCUT2D eigenvalue weighted by molar-refractivity contribution is 5.80. The number of halogens is 3. The summed E-state index contributed by atoms with van der Waals surface area (Å²) in [5, 5.41) is 5.33. The Hall–Kier alpha value is -4.28. The number of hydrogen-bond acceptors (Lipinski definition) is 7. The standard InChI is InChI=1S/C25H19F3N6O2/c1-35-23-18(12-30-24(32-23)36-2)20-11-17(22-29-7-8-34(22)33-20)16-10-15(16)13-3-5-19-14(9-13)4-6-21(31-19)25(26,27)28/h3-9,11-12,15-16H,10H2,1-2H3/t15-,16+/m1/s1. The fraction of sp³-hybridized carbons (Fsp3) is 0.240. The van der Waals surface area contributed by atoms with Gasteiger partial charge in [-0.3, -0.25) is 0 Å². The number of ether oxygens (including phenoxy) is 2. The zero-order valence-corrected chi connectivity index (χ0v) is 19.2. The Morgan fingerprint density at radius 3 is 2.61 bits per heavy atom. The fourth-order valence-electron chi connectivity index (χ4n) is 4.57. The molecule has 0 saturated heterocycles. The Bertz CT molecular complexity index is 1620. The van der Waals surface area contributed by atoms with Crippen LogP contribution in [0.4, 0.5) is 13.2 Å². The molecule has 182 valence electrons. The first kappa shape index (κ1) is 22.2. The van der Waals surface area contributed by atoms with Gasteiger partial charge in [0.05, 0.1) is 31.0 Å². The zero-order valence-electron chi connectivity index (χ0n) is 19.2. The van der Waals surface area contributed by atoms with Gasteiger partial charge in [0.25, 0.3) is 0 Å². The summed E-state index contributed by atoms with van der Waals surface area (Å²) in [6.07, 6.45) is 1.48. The lowest BCUT2D eigenvalue weighted by Crippen LogP contribution is -2.07. The molecule has 1 saturated carbocycles. The highest BCUT2D eigenvalue weighted by Crippen LogP contribution is 2.56. The van der Waals surface area contributed by atoms with Crippen LogP contribution in [-0.2, 0) is 6.18 Å². The number of pyridine rings is 1. The first-order chi connectivity index (χ1) is 17.4. The monoisotopic (exact) mass is 492 g/mol. The van der Waals surface area contributed by atoms with Crippen molar-refractivity contribution in [3.63, 3.8) is 0 Å². The third-order valence-electron chi connectivity index (χ3n) is 6.39. The number of alkyl halides is 3. The number of benzene rings is 1. The van der Waals surface area contributed by atoms with Gasteiger partial charge in [0.2, 0.25) is 5.88 Å². The fourth-order valence-corrected chi connectivity index (χ4v) is 4.57. The van der Waals surface area contributed by atoms with Crippen molar-refractivity contribution in [3.05, 3.63) is 71.8 Å². The van der Waals surface area contributed by atoms with E-state index in [-0.39, 0.29) is 17.8 Å². The van der Waals surface area contributed by atoms with Crippen molar-refractivity contribution < 1.29 is 22.6 Å². The number of aromatic nitrogens is 6. The molecule has 0 unspecified atom stereocenters. The minimum atomic E-state index is -4.47. The molecule has 0 radical (unpaired) electrons. The minimum Gasteiger partial charge on any atom is -0.480 e. The maximum atomic E-state index is 13.0. The Morgan fingerprint density at radius 2 is 1.83 bits per heavy atom. The number of hydrogen-bond donors (Lipinski definition) is 0. The van der Waals surface area contributed by atoms with E-state index in [9.17, 15) is 13.2 Å². The number of fused-ring (bicyclic) bond motifs is 2. The summed E-state index contributed by atoms with van der Waals surface area (Å²) in [6, 6.07) is 10.1. The molecule has 8 nitrogen and oxygen atoms in total. The molecule has 5 aromatic rings. The third kappa shape index (κ3) is 3.76. The molecule has 1 fully saturated rings. The lowest BCUT2D eigenvalue weighted by Gasteiger charge is -2.11. The van der Waals surface area contributed by atoms with Crippen molar-refractivity contribution in [3.8, 4) is 23.1 Å². The molecule has 11 heteroatoms. The molecule has 6 rings (SSSR count). The molecular weight excluding hydrogens is 473 g/mol. The molecule has 4 heterocycles. The van der Waals surface area contributed by atoms with Crippen LogP contribution in [-0.4, -0.2) is 43.8 Å². The van der Waals surface area contributed by atoms with Crippen molar-refractivity contribution in [2.75, 3.05) is 14.2 Å². The smallest absolute Gasteiger partial charge is 0.433 e. The first-order valence-electron chi connectivity index (χ1n) is 11.1. The zero-order chi connectivity index (χ0) is 25.0. The largest absolute Gasteiger partial charge is 0.480 e. The van der Waals surface area contributed by atoms with E-state index in [1.165, 1.54) is 20.3 Å². The predicted octanol–water partition coefficient (Wildman–Crippen LogP) is 5.04. The summed E-state index contributed by atoms with van der Waals surface area (Å²) in [5.74, 6) is 0.704. The molecule has 0 amide bonds. The van der Waals surface area contributed by atoms with Crippen LogP contribution >= 0.6 is 0 Å². The van der Waals surface area contributed by atoms with Gasteiger partial charge in [0.15, 0.2) is 5.65 Å². The number of imidazole rings is 1. The molecule has 0 bridgehead atoms. The molecule has 0 spiro atoms. The highest BCUT2D eigenvalue weighted by Gasteiger charge is 2.41. The maximum absolute atomic E-state index is 13.0. The molecule has 0 aliphatic heterocycles. The van der Waals surface area contributed by atoms with Crippen LogP contribution in [0.25, 0.3) is 27.8 Å². The Balaban J connectivity index is 1.36. The van der Waals surface area contributed by atoms with Gasteiger partial charge in [-0.2, -0.15) is 23.3 Å². The summed E-state index contributed by atoms with van der Waals surface area (Å²) in [6.45, 7) is 0. The van der Waals surface area contributed by atoms with Gasteiger partial charge >= 0.3 is 12.2 Å². The molecular formula is C25H19F3N6O2. The lowest BCUT2D eigenvalue weighted by atomic mass is 10.0. The van der Waals surface area contributed by atoms with E-state index >= 15 is 0 Å². The van der Waals surface area contributed by atoms with Crippen LogP contribution < -0.4 is 9.47 Å². The second-order valence-corrected chi connectivity index (χ2v) is 8.56. The van der Waals surface area contributed by atoms with Gasteiger partial charge in [-0.05, 0) is 48.1 Å². The van der Waals surface area contributed by atoms with Crippen molar-refractivity contribution in [2.45, 2.75) is 24.4 Å². The van der Waals surface area contributed by atoms with Crippen LogP contribution in [0.5, 0.6) is 11.9 Å². The summed E-state index contributed by atoms with van der Waals surface area (Å²) in [7, 11) is 3.00. The average Bonchev–Trinajstić information content (AvgIpc) is 3.54. The predicted molar refractivity (Wildman–Crippen MR) is 124 cm³/mol. The van der Waals surface area contributed by atoms with Crippen LogP contribution in [0.3, 0.4) is 0 Å². The topological polar surface area (TPSA) is 87.3 Å². The average molecular weight is 492 g/mol. The molecule has 1 aliphatic carbocycles. The molecule has 2 atom stereocenters. The van der Waals surface area contributed by atoms with Gasteiger partial charge in [-0.15, -0.1) is 0 Å². The second kappa shape index (κ2) is 8.14. The maximum Gasteiger partial charge on any atom is 0.433 e. The van der Waals surface area contributed by atoms with E-state index in [4.69, 9.17) is 9.47 Å². The van der Waals surface area contributed by atoms with Gasteiger partial charge in [0.1, 0.15) is 5.69 Å². The number of methoxy groups -OCH3 is 2. The molecule has 1 aliphatic rings. The third-order valence-corrected chi connectivity index (χ3v) is 6.39. The van der Waals surface area contributed by atoms with E-state index in [1.807, 2.05) is 18.2 Å². The minimum absolute atomic E-state index is 0.168. The molecule has 0 N–H and O–H groups in total. The molecule has 36 heavy (non-hydrogen) atoms. The van der Waals surface area contributed by atoms with Crippen molar-refractivity contribution in [1.82, 2.24) is 29.5 Å². The van der Waals surface area contributed by atoms with Crippen molar-refractivity contribution in [1.29, 1.82) is 0 Å². The second-order valence-electron chi connectivity index (χ2n) is 8.56. The Kier molecular flexibility index (Phi) is 5.02. The van der Waals surface area contributed by atoms with E-state index < -0.39 is 11.9 Å².